The molecular weight excluding hydrogens is 230 g/mol. The van der Waals surface area contributed by atoms with Gasteiger partial charge in [-0.25, -0.2) is 8.42 Å². The van der Waals surface area contributed by atoms with Gasteiger partial charge in [-0.2, -0.15) is 11.3 Å². The third-order valence-corrected chi connectivity index (χ3v) is 5.45. The van der Waals surface area contributed by atoms with Gasteiger partial charge in [0.25, 0.3) is 0 Å². The summed E-state index contributed by atoms with van der Waals surface area (Å²) in [5.74, 6) is 0.739. The van der Waals surface area contributed by atoms with Crippen molar-refractivity contribution in [1.29, 1.82) is 0 Å². The second kappa shape index (κ2) is 4.23. The van der Waals surface area contributed by atoms with Gasteiger partial charge in [0.15, 0.2) is 9.84 Å². The van der Waals surface area contributed by atoms with E-state index in [1.807, 2.05) is 11.4 Å². The molecule has 5 heteroatoms. The van der Waals surface area contributed by atoms with Crippen LogP contribution in [0.25, 0.3) is 0 Å². The summed E-state index contributed by atoms with van der Waals surface area (Å²) in [6, 6.07) is 2.03. The normalized spacial score (nSPS) is 26.6. The van der Waals surface area contributed by atoms with Crippen LogP contribution in [0, 0.1) is 5.92 Å². The molecule has 0 amide bonds. The summed E-state index contributed by atoms with van der Waals surface area (Å²) in [6.07, 6.45) is 1.53. The molecule has 0 aliphatic carbocycles. The number of hydrogen-bond acceptors (Lipinski definition) is 4. The monoisotopic (exact) mass is 245 g/mol. The van der Waals surface area contributed by atoms with E-state index in [0.717, 1.165) is 12.8 Å². The van der Waals surface area contributed by atoms with Gasteiger partial charge in [0, 0.05) is 6.04 Å². The molecule has 3 nitrogen and oxygen atoms in total. The van der Waals surface area contributed by atoms with Crippen molar-refractivity contribution >= 4 is 21.2 Å². The lowest BCUT2D eigenvalue weighted by Gasteiger charge is -2.16. The van der Waals surface area contributed by atoms with Crippen LogP contribution in [0.15, 0.2) is 16.8 Å². The smallest absolute Gasteiger partial charge is 0.150 e. The van der Waals surface area contributed by atoms with E-state index in [-0.39, 0.29) is 17.7 Å². The van der Waals surface area contributed by atoms with Crippen LogP contribution in [0.3, 0.4) is 0 Å². The summed E-state index contributed by atoms with van der Waals surface area (Å²) in [5, 5.41) is 4.09. The average Bonchev–Trinajstić information content (AvgIpc) is 2.74. The first-order chi connectivity index (χ1) is 7.07. The highest BCUT2D eigenvalue weighted by Gasteiger charge is 2.31. The van der Waals surface area contributed by atoms with Crippen molar-refractivity contribution in [3.05, 3.63) is 22.4 Å². The highest BCUT2D eigenvalue weighted by Crippen LogP contribution is 2.23. The number of thiophene rings is 1. The maximum atomic E-state index is 11.3. The Labute approximate surface area is 94.2 Å². The topological polar surface area (TPSA) is 60.2 Å². The van der Waals surface area contributed by atoms with E-state index < -0.39 is 9.84 Å². The molecule has 0 spiro atoms. The van der Waals surface area contributed by atoms with E-state index in [1.54, 1.807) is 11.3 Å². The first kappa shape index (κ1) is 11.1. The Morgan fingerprint density at radius 2 is 2.40 bits per heavy atom. The quantitative estimate of drug-likeness (QED) is 0.866. The maximum absolute atomic E-state index is 11.3. The molecular formula is C10H15NO2S2. The minimum atomic E-state index is -2.80. The SMILES string of the molecule is NC(Cc1ccsc1)C1CCS(=O)(=O)C1. The molecule has 2 unspecified atom stereocenters. The van der Waals surface area contributed by atoms with Crippen LogP contribution in [0.4, 0.5) is 0 Å². The highest BCUT2D eigenvalue weighted by atomic mass is 32.2. The third-order valence-electron chi connectivity index (χ3n) is 2.92. The standard InChI is InChI=1S/C10H15NO2S2/c11-10(5-8-1-3-14-6-8)9-2-4-15(12,13)7-9/h1,3,6,9-10H,2,4-5,7,11H2. The van der Waals surface area contributed by atoms with Crippen molar-refractivity contribution in [2.75, 3.05) is 11.5 Å². The lowest BCUT2D eigenvalue weighted by Crippen LogP contribution is -2.32. The maximum Gasteiger partial charge on any atom is 0.150 e. The number of rotatable bonds is 3. The van der Waals surface area contributed by atoms with Crippen LogP contribution in [-0.2, 0) is 16.3 Å². The summed E-state index contributed by atoms with van der Waals surface area (Å²) in [4.78, 5) is 0. The lowest BCUT2D eigenvalue weighted by atomic mass is 9.95. The zero-order valence-corrected chi connectivity index (χ0v) is 10.1. The molecule has 1 aliphatic rings. The van der Waals surface area contributed by atoms with Crippen LogP contribution in [0.5, 0.6) is 0 Å². The van der Waals surface area contributed by atoms with E-state index in [0.29, 0.717) is 5.75 Å². The first-order valence-electron chi connectivity index (χ1n) is 5.04. The molecule has 0 radical (unpaired) electrons. The minimum absolute atomic E-state index is 0.0168. The summed E-state index contributed by atoms with van der Waals surface area (Å²) < 4.78 is 22.6. The van der Waals surface area contributed by atoms with Gasteiger partial charge >= 0.3 is 0 Å². The Kier molecular flexibility index (Phi) is 3.13. The first-order valence-corrected chi connectivity index (χ1v) is 7.80. The van der Waals surface area contributed by atoms with Gasteiger partial charge in [-0.15, -0.1) is 0 Å². The Balaban J connectivity index is 1.95. The van der Waals surface area contributed by atoms with Crippen molar-refractivity contribution in [3.8, 4) is 0 Å². The van der Waals surface area contributed by atoms with Crippen LogP contribution in [0.1, 0.15) is 12.0 Å². The molecule has 1 aromatic rings. The van der Waals surface area contributed by atoms with E-state index in [9.17, 15) is 8.42 Å². The molecule has 15 heavy (non-hydrogen) atoms. The highest BCUT2D eigenvalue weighted by molar-refractivity contribution is 7.91. The van der Waals surface area contributed by atoms with Gasteiger partial charge in [0.2, 0.25) is 0 Å². The zero-order valence-electron chi connectivity index (χ0n) is 8.43. The van der Waals surface area contributed by atoms with Crippen molar-refractivity contribution in [3.63, 3.8) is 0 Å². The van der Waals surface area contributed by atoms with Crippen molar-refractivity contribution < 1.29 is 8.42 Å². The molecule has 1 fully saturated rings. The van der Waals surface area contributed by atoms with Crippen LogP contribution in [0.2, 0.25) is 0 Å². The lowest BCUT2D eigenvalue weighted by molar-refractivity contribution is 0.461. The summed E-state index contributed by atoms with van der Waals surface area (Å²) in [6.45, 7) is 0. The fourth-order valence-corrected chi connectivity index (χ4v) is 4.59. The van der Waals surface area contributed by atoms with Crippen molar-refractivity contribution in [2.24, 2.45) is 11.7 Å². The number of hydrogen-bond donors (Lipinski definition) is 1. The predicted octanol–water partition coefficient (Wildman–Crippen LogP) is 1.05. The molecule has 1 aromatic heterocycles. The number of sulfone groups is 1. The third kappa shape index (κ3) is 2.80. The van der Waals surface area contributed by atoms with Gasteiger partial charge in [-0.1, -0.05) is 0 Å². The van der Waals surface area contributed by atoms with Gasteiger partial charge < -0.3 is 5.73 Å². The molecule has 2 atom stereocenters. The molecule has 2 heterocycles. The van der Waals surface area contributed by atoms with Gasteiger partial charge in [-0.05, 0) is 41.1 Å². The van der Waals surface area contributed by atoms with E-state index in [4.69, 9.17) is 5.73 Å². The van der Waals surface area contributed by atoms with Gasteiger partial charge in [0.05, 0.1) is 11.5 Å². The van der Waals surface area contributed by atoms with Crippen molar-refractivity contribution in [1.82, 2.24) is 0 Å². The van der Waals surface area contributed by atoms with Crippen LogP contribution < -0.4 is 5.73 Å². The molecule has 0 bridgehead atoms. The molecule has 1 aliphatic heterocycles. The van der Waals surface area contributed by atoms with Crippen LogP contribution >= 0.6 is 11.3 Å². The van der Waals surface area contributed by atoms with Gasteiger partial charge in [-0.3, -0.25) is 0 Å². The summed E-state index contributed by atoms with van der Waals surface area (Å²) in [5.41, 5.74) is 7.25. The van der Waals surface area contributed by atoms with E-state index >= 15 is 0 Å². The minimum Gasteiger partial charge on any atom is -0.327 e. The Hall–Kier alpha value is -0.390. The molecule has 1 saturated heterocycles. The predicted molar refractivity (Wildman–Crippen MR) is 62.8 cm³/mol. The van der Waals surface area contributed by atoms with E-state index in [2.05, 4.69) is 5.38 Å². The fourth-order valence-electron chi connectivity index (χ4n) is 2.01. The zero-order chi connectivity index (χ0) is 10.9. The second-order valence-electron chi connectivity index (χ2n) is 4.16. The molecule has 2 N–H and O–H groups in total. The summed E-state index contributed by atoms with van der Waals surface area (Å²) >= 11 is 1.65. The van der Waals surface area contributed by atoms with Crippen molar-refractivity contribution in [2.45, 2.75) is 18.9 Å². The Bertz CT molecular complexity index is 411. The Morgan fingerprint density at radius 1 is 1.60 bits per heavy atom. The molecule has 84 valence electrons. The molecule has 0 aromatic carbocycles. The van der Waals surface area contributed by atoms with Gasteiger partial charge in [0.1, 0.15) is 0 Å². The summed E-state index contributed by atoms with van der Waals surface area (Å²) in [7, 11) is -2.80. The fraction of sp³-hybridized carbons (Fsp3) is 0.600. The van der Waals surface area contributed by atoms with E-state index in [1.165, 1.54) is 5.56 Å². The largest absolute Gasteiger partial charge is 0.327 e. The average molecular weight is 245 g/mol. The number of nitrogens with two attached hydrogens (primary N) is 1. The Morgan fingerprint density at radius 3 is 2.93 bits per heavy atom. The molecule has 0 saturated carbocycles. The van der Waals surface area contributed by atoms with Crippen LogP contribution in [-0.4, -0.2) is 26.0 Å². The molecule has 2 rings (SSSR count). The second-order valence-corrected chi connectivity index (χ2v) is 7.17.